The fourth-order valence-electron chi connectivity index (χ4n) is 3.55. The number of nitrogens with two attached hydrogens (primary N) is 1. The number of amides is 3. The van der Waals surface area contributed by atoms with Gasteiger partial charge in [-0.1, -0.05) is 12.1 Å². The number of anilines is 2. The van der Waals surface area contributed by atoms with Crippen LogP contribution in [0.1, 0.15) is 12.0 Å². The Morgan fingerprint density at radius 1 is 1.24 bits per heavy atom. The number of carbonyl (C=O) groups excluding carboxylic acids is 2. The zero-order valence-corrected chi connectivity index (χ0v) is 18.0. The molecule has 0 bridgehead atoms. The summed E-state index contributed by atoms with van der Waals surface area (Å²) in [6, 6.07) is 11.6. The SMILES string of the molecule is COc1cc(N(C(N)=O)c2cccc(CNC(=O)OC3CCOC3)c2)ccc1-c1cnco1. The van der Waals surface area contributed by atoms with Gasteiger partial charge >= 0.3 is 12.1 Å². The van der Waals surface area contributed by atoms with Gasteiger partial charge in [0, 0.05) is 19.0 Å². The first-order chi connectivity index (χ1) is 16.0. The van der Waals surface area contributed by atoms with Crippen LogP contribution in [-0.4, -0.2) is 43.5 Å². The van der Waals surface area contributed by atoms with Crippen molar-refractivity contribution in [1.82, 2.24) is 10.3 Å². The van der Waals surface area contributed by atoms with Crippen LogP contribution in [0, 0.1) is 0 Å². The molecule has 10 nitrogen and oxygen atoms in total. The lowest BCUT2D eigenvalue weighted by molar-refractivity contribution is 0.0828. The van der Waals surface area contributed by atoms with Crippen molar-refractivity contribution in [2.45, 2.75) is 19.1 Å². The molecule has 2 aromatic carbocycles. The molecule has 1 unspecified atom stereocenters. The first kappa shape index (κ1) is 22.2. The minimum absolute atomic E-state index is 0.223. The number of ether oxygens (including phenoxy) is 3. The lowest BCUT2D eigenvalue weighted by Crippen LogP contribution is -2.32. The van der Waals surface area contributed by atoms with Gasteiger partial charge in [-0.3, -0.25) is 4.90 Å². The van der Waals surface area contributed by atoms with Crippen molar-refractivity contribution >= 4 is 23.5 Å². The molecule has 1 aromatic heterocycles. The fourth-order valence-corrected chi connectivity index (χ4v) is 3.55. The summed E-state index contributed by atoms with van der Waals surface area (Å²) in [5.41, 5.74) is 8.20. The third kappa shape index (κ3) is 5.24. The maximum atomic E-state index is 12.4. The summed E-state index contributed by atoms with van der Waals surface area (Å²) >= 11 is 0. The van der Waals surface area contributed by atoms with Gasteiger partial charge in [0.25, 0.3) is 0 Å². The highest BCUT2D eigenvalue weighted by Gasteiger charge is 2.21. The lowest BCUT2D eigenvalue weighted by atomic mass is 10.1. The number of primary amides is 1. The molecule has 10 heteroatoms. The van der Waals surface area contributed by atoms with Gasteiger partial charge in [0.05, 0.1) is 43.5 Å². The molecule has 0 saturated carbocycles. The molecule has 3 amide bonds. The molecule has 1 saturated heterocycles. The van der Waals surface area contributed by atoms with Gasteiger partial charge in [0.15, 0.2) is 12.2 Å². The largest absolute Gasteiger partial charge is 0.496 e. The number of urea groups is 1. The van der Waals surface area contributed by atoms with Gasteiger partial charge in [-0.25, -0.2) is 14.6 Å². The number of nitrogens with one attached hydrogen (secondary N) is 1. The van der Waals surface area contributed by atoms with E-state index in [1.54, 1.807) is 42.6 Å². The number of alkyl carbamates (subject to hydrolysis) is 1. The standard InChI is InChI=1S/C23H24N4O6/c1-30-20-10-17(5-6-19(20)21-12-25-14-32-21)27(22(24)28)16-4-2-3-15(9-16)11-26-23(29)33-18-7-8-31-13-18/h2-6,9-10,12,14,18H,7-8,11,13H2,1H3,(H2,24,28)(H,26,29). The molecule has 0 spiro atoms. The van der Waals surface area contributed by atoms with E-state index in [9.17, 15) is 9.59 Å². The Hall–Kier alpha value is -4.05. The van der Waals surface area contributed by atoms with E-state index in [0.29, 0.717) is 48.1 Å². The Balaban J connectivity index is 1.52. The quantitative estimate of drug-likeness (QED) is 0.560. The van der Waals surface area contributed by atoms with Gasteiger partial charge in [0.1, 0.15) is 11.9 Å². The van der Waals surface area contributed by atoms with E-state index in [2.05, 4.69) is 10.3 Å². The zero-order valence-electron chi connectivity index (χ0n) is 18.0. The lowest BCUT2D eigenvalue weighted by Gasteiger charge is -2.22. The number of hydrogen-bond donors (Lipinski definition) is 2. The summed E-state index contributed by atoms with van der Waals surface area (Å²) in [5.74, 6) is 1.03. The Morgan fingerprint density at radius 2 is 2.09 bits per heavy atom. The summed E-state index contributed by atoms with van der Waals surface area (Å²) in [6.45, 7) is 1.23. The maximum absolute atomic E-state index is 12.4. The highest BCUT2D eigenvalue weighted by molar-refractivity contribution is 5.99. The number of rotatable bonds is 7. The molecule has 172 valence electrons. The van der Waals surface area contributed by atoms with Crippen LogP contribution >= 0.6 is 0 Å². The first-order valence-electron chi connectivity index (χ1n) is 10.3. The molecule has 3 N–H and O–H groups in total. The van der Waals surface area contributed by atoms with Crippen molar-refractivity contribution in [1.29, 1.82) is 0 Å². The average molecular weight is 452 g/mol. The number of aromatic nitrogens is 1. The summed E-state index contributed by atoms with van der Waals surface area (Å²) < 4.78 is 21.3. The number of benzene rings is 2. The van der Waals surface area contributed by atoms with E-state index in [0.717, 1.165) is 5.56 Å². The smallest absolute Gasteiger partial charge is 0.407 e. The predicted molar refractivity (Wildman–Crippen MR) is 119 cm³/mol. The van der Waals surface area contributed by atoms with Crippen molar-refractivity contribution in [3.8, 4) is 17.1 Å². The molecule has 1 fully saturated rings. The number of oxazole rings is 1. The van der Waals surface area contributed by atoms with Crippen LogP contribution in [0.2, 0.25) is 0 Å². The van der Waals surface area contributed by atoms with Gasteiger partial charge in [-0.05, 0) is 29.8 Å². The summed E-state index contributed by atoms with van der Waals surface area (Å²) in [4.78, 5) is 29.7. The van der Waals surface area contributed by atoms with Crippen molar-refractivity contribution in [2.24, 2.45) is 5.73 Å². The molecule has 0 aliphatic carbocycles. The van der Waals surface area contributed by atoms with Crippen molar-refractivity contribution in [2.75, 3.05) is 25.2 Å². The molecule has 4 rings (SSSR count). The van der Waals surface area contributed by atoms with E-state index in [1.165, 1.54) is 18.4 Å². The first-order valence-corrected chi connectivity index (χ1v) is 10.3. The Bertz CT molecular complexity index is 1110. The number of nitrogens with zero attached hydrogens (tertiary/aromatic N) is 2. The summed E-state index contributed by atoms with van der Waals surface area (Å²) in [6.07, 6.45) is 2.85. The van der Waals surface area contributed by atoms with Crippen LogP contribution in [0.25, 0.3) is 11.3 Å². The van der Waals surface area contributed by atoms with E-state index in [4.69, 9.17) is 24.4 Å². The van der Waals surface area contributed by atoms with E-state index in [-0.39, 0.29) is 12.6 Å². The highest BCUT2D eigenvalue weighted by atomic mass is 16.6. The van der Waals surface area contributed by atoms with E-state index in [1.807, 2.05) is 6.07 Å². The number of hydrogen-bond acceptors (Lipinski definition) is 7. The van der Waals surface area contributed by atoms with Crippen LogP contribution < -0.4 is 20.7 Å². The van der Waals surface area contributed by atoms with Gasteiger partial charge < -0.3 is 29.7 Å². The summed E-state index contributed by atoms with van der Waals surface area (Å²) in [5, 5.41) is 2.71. The van der Waals surface area contributed by atoms with Crippen molar-refractivity contribution in [3.05, 3.63) is 60.6 Å². The normalized spacial score (nSPS) is 15.1. The molecule has 2 heterocycles. The second-order valence-corrected chi connectivity index (χ2v) is 7.34. The Morgan fingerprint density at radius 3 is 2.79 bits per heavy atom. The highest BCUT2D eigenvalue weighted by Crippen LogP contribution is 2.36. The van der Waals surface area contributed by atoms with Gasteiger partial charge in [-0.15, -0.1) is 0 Å². The van der Waals surface area contributed by atoms with Crippen molar-refractivity contribution < 1.29 is 28.2 Å². The van der Waals surface area contributed by atoms with Crippen LogP contribution in [-0.2, 0) is 16.0 Å². The molecule has 1 atom stereocenters. The predicted octanol–water partition coefficient (Wildman–Crippen LogP) is 3.58. The van der Waals surface area contributed by atoms with Crippen LogP contribution in [0.4, 0.5) is 21.0 Å². The monoisotopic (exact) mass is 452 g/mol. The minimum atomic E-state index is -0.671. The second-order valence-electron chi connectivity index (χ2n) is 7.34. The van der Waals surface area contributed by atoms with Crippen molar-refractivity contribution in [3.63, 3.8) is 0 Å². The van der Waals surface area contributed by atoms with Crippen LogP contribution in [0.5, 0.6) is 5.75 Å². The van der Waals surface area contributed by atoms with E-state index >= 15 is 0 Å². The topological polar surface area (TPSA) is 129 Å². The number of carbonyl (C=O) groups is 2. The average Bonchev–Trinajstić information content (AvgIpc) is 3.52. The van der Waals surface area contributed by atoms with Crippen LogP contribution in [0.3, 0.4) is 0 Å². The van der Waals surface area contributed by atoms with Gasteiger partial charge in [0.2, 0.25) is 0 Å². The van der Waals surface area contributed by atoms with Crippen LogP contribution in [0.15, 0.2) is 59.5 Å². The molecular weight excluding hydrogens is 428 g/mol. The maximum Gasteiger partial charge on any atom is 0.407 e. The molecule has 1 aliphatic heterocycles. The third-order valence-electron chi connectivity index (χ3n) is 5.13. The summed E-state index contributed by atoms with van der Waals surface area (Å²) in [7, 11) is 1.52. The number of methoxy groups -OCH3 is 1. The Kier molecular flexibility index (Phi) is 6.75. The molecule has 3 aromatic rings. The van der Waals surface area contributed by atoms with Gasteiger partial charge in [-0.2, -0.15) is 0 Å². The van der Waals surface area contributed by atoms with E-state index < -0.39 is 12.1 Å². The second kappa shape index (κ2) is 10.0. The fraction of sp³-hybridized carbons (Fsp3) is 0.261. The molecule has 1 aliphatic rings. The molecule has 0 radical (unpaired) electrons. The molecular formula is C23H24N4O6. The minimum Gasteiger partial charge on any atom is -0.496 e. The third-order valence-corrected chi connectivity index (χ3v) is 5.13. The zero-order chi connectivity index (χ0) is 23.2. The Labute approximate surface area is 190 Å². The molecule has 33 heavy (non-hydrogen) atoms.